The quantitative estimate of drug-likeness (QED) is 0.303. The molecular formula is C22H23BrN2O4S. The highest BCUT2D eigenvalue weighted by molar-refractivity contribution is 9.10. The second-order valence-electron chi connectivity index (χ2n) is 6.65. The molecule has 158 valence electrons. The average molecular weight is 491 g/mol. The summed E-state index contributed by atoms with van der Waals surface area (Å²) in [4.78, 5) is 30.9. The van der Waals surface area contributed by atoms with Crippen molar-refractivity contribution in [2.75, 3.05) is 24.7 Å². The number of hydrogen-bond donors (Lipinski definition) is 0. The Morgan fingerprint density at radius 1 is 1.33 bits per heavy atom. The van der Waals surface area contributed by atoms with E-state index in [0.717, 1.165) is 28.6 Å². The van der Waals surface area contributed by atoms with Crippen molar-refractivity contribution in [1.82, 2.24) is 4.98 Å². The molecule has 1 fully saturated rings. The van der Waals surface area contributed by atoms with Gasteiger partial charge in [-0.1, -0.05) is 46.3 Å². The van der Waals surface area contributed by atoms with Gasteiger partial charge in [0.25, 0.3) is 5.91 Å². The largest absolute Gasteiger partial charge is 0.452 e. The molecule has 2 aromatic rings. The normalized spacial score (nSPS) is 16.4. The maximum atomic E-state index is 12.9. The van der Waals surface area contributed by atoms with Crippen molar-refractivity contribution < 1.29 is 19.1 Å². The maximum absolute atomic E-state index is 12.9. The van der Waals surface area contributed by atoms with Gasteiger partial charge in [0, 0.05) is 28.1 Å². The lowest BCUT2D eigenvalue weighted by Gasteiger charge is -2.22. The fourth-order valence-corrected chi connectivity index (χ4v) is 4.05. The SMILES string of the molecule is C/C=C/C=C/C(=O)OCC(=O)N(CC1CCCO1)c1nc(-c2ccc(Br)cc2)cs1. The maximum Gasteiger partial charge on any atom is 0.331 e. The molecule has 0 bridgehead atoms. The summed E-state index contributed by atoms with van der Waals surface area (Å²) >= 11 is 4.81. The van der Waals surface area contributed by atoms with Crippen LogP contribution in [0.25, 0.3) is 11.3 Å². The number of halogens is 1. The van der Waals surface area contributed by atoms with E-state index >= 15 is 0 Å². The monoisotopic (exact) mass is 490 g/mol. The van der Waals surface area contributed by atoms with Crippen LogP contribution in [-0.2, 0) is 19.1 Å². The van der Waals surface area contributed by atoms with Gasteiger partial charge < -0.3 is 9.47 Å². The van der Waals surface area contributed by atoms with Crippen molar-refractivity contribution in [3.8, 4) is 11.3 Å². The van der Waals surface area contributed by atoms with Gasteiger partial charge >= 0.3 is 5.97 Å². The number of amides is 1. The second kappa shape index (κ2) is 11.2. The number of thiazole rings is 1. The second-order valence-corrected chi connectivity index (χ2v) is 8.41. The van der Waals surface area contributed by atoms with E-state index in [1.54, 1.807) is 23.1 Å². The van der Waals surface area contributed by atoms with Crippen LogP contribution in [0.5, 0.6) is 0 Å². The summed E-state index contributed by atoms with van der Waals surface area (Å²) < 4.78 is 11.8. The van der Waals surface area contributed by atoms with E-state index in [4.69, 9.17) is 9.47 Å². The number of benzene rings is 1. The molecule has 3 rings (SSSR count). The molecule has 1 atom stereocenters. The molecule has 1 aliphatic heterocycles. The number of allylic oxidation sites excluding steroid dienone is 3. The third-order valence-electron chi connectivity index (χ3n) is 4.45. The van der Waals surface area contributed by atoms with Crippen molar-refractivity contribution in [2.45, 2.75) is 25.9 Å². The molecule has 2 heterocycles. The summed E-state index contributed by atoms with van der Waals surface area (Å²) in [6.07, 6.45) is 8.18. The van der Waals surface area contributed by atoms with Crippen LogP contribution in [0.1, 0.15) is 19.8 Å². The van der Waals surface area contributed by atoms with Gasteiger partial charge in [0.15, 0.2) is 11.7 Å². The van der Waals surface area contributed by atoms with Gasteiger partial charge in [-0.15, -0.1) is 11.3 Å². The number of ether oxygens (including phenoxy) is 2. The number of hydrogen-bond acceptors (Lipinski definition) is 6. The summed E-state index contributed by atoms with van der Waals surface area (Å²) in [6.45, 7) is 2.58. The molecule has 0 saturated carbocycles. The number of carbonyl (C=O) groups is 2. The standard InChI is InChI=1S/C22H23BrN2O4S/c1-2-3-4-7-21(27)29-14-20(26)25(13-18-6-5-12-28-18)22-24-19(15-30-22)16-8-10-17(23)11-9-16/h2-4,7-11,15,18H,5-6,12-14H2,1H3/b3-2+,7-4+. The van der Waals surface area contributed by atoms with Crippen LogP contribution >= 0.6 is 27.3 Å². The van der Waals surface area contributed by atoms with Gasteiger partial charge in [-0.2, -0.15) is 0 Å². The van der Waals surface area contributed by atoms with Gasteiger partial charge in [0.1, 0.15) is 0 Å². The number of carbonyl (C=O) groups excluding carboxylic acids is 2. The Labute approximate surface area is 188 Å². The molecule has 1 amide bonds. The van der Waals surface area contributed by atoms with Crippen molar-refractivity contribution >= 4 is 44.3 Å². The number of esters is 1. The molecule has 8 heteroatoms. The van der Waals surface area contributed by atoms with Crippen molar-refractivity contribution in [3.05, 3.63) is 58.4 Å². The Balaban J connectivity index is 1.72. The van der Waals surface area contributed by atoms with Gasteiger partial charge in [0.05, 0.1) is 18.3 Å². The van der Waals surface area contributed by atoms with E-state index < -0.39 is 5.97 Å². The molecule has 0 N–H and O–H groups in total. The lowest BCUT2D eigenvalue weighted by molar-refractivity contribution is -0.143. The fourth-order valence-electron chi connectivity index (χ4n) is 2.92. The smallest absolute Gasteiger partial charge is 0.331 e. The van der Waals surface area contributed by atoms with Gasteiger partial charge in [-0.05, 0) is 31.9 Å². The number of anilines is 1. The van der Waals surface area contributed by atoms with E-state index in [1.165, 1.54) is 17.4 Å². The first-order valence-corrected chi connectivity index (χ1v) is 11.3. The summed E-state index contributed by atoms with van der Waals surface area (Å²) in [5.74, 6) is -0.886. The third-order valence-corrected chi connectivity index (χ3v) is 5.84. The number of rotatable bonds is 8. The summed E-state index contributed by atoms with van der Waals surface area (Å²) in [5, 5.41) is 2.48. The minimum absolute atomic E-state index is 0.0423. The van der Waals surface area contributed by atoms with Crippen LogP contribution in [0.15, 0.2) is 58.4 Å². The van der Waals surface area contributed by atoms with Crippen LogP contribution in [0.4, 0.5) is 5.13 Å². The number of nitrogens with zero attached hydrogens (tertiary/aromatic N) is 2. The zero-order valence-corrected chi connectivity index (χ0v) is 19.0. The Kier molecular flexibility index (Phi) is 8.36. The first-order valence-electron chi connectivity index (χ1n) is 9.66. The molecule has 1 aromatic carbocycles. The third kappa shape index (κ3) is 6.35. The first-order chi connectivity index (χ1) is 14.6. The molecule has 1 saturated heterocycles. The van der Waals surface area contributed by atoms with E-state index in [9.17, 15) is 9.59 Å². The lowest BCUT2D eigenvalue weighted by atomic mass is 10.2. The summed E-state index contributed by atoms with van der Waals surface area (Å²) in [7, 11) is 0. The Morgan fingerprint density at radius 3 is 2.83 bits per heavy atom. The Hall–Kier alpha value is -2.29. The minimum Gasteiger partial charge on any atom is -0.452 e. The Bertz CT molecular complexity index is 917. The van der Waals surface area contributed by atoms with Crippen LogP contribution in [0.2, 0.25) is 0 Å². The van der Waals surface area contributed by atoms with Crippen LogP contribution < -0.4 is 4.90 Å². The van der Waals surface area contributed by atoms with Crippen molar-refractivity contribution in [3.63, 3.8) is 0 Å². The molecule has 0 aliphatic carbocycles. The summed E-state index contributed by atoms with van der Waals surface area (Å²) in [6, 6.07) is 7.83. The van der Waals surface area contributed by atoms with E-state index in [-0.39, 0.29) is 18.6 Å². The molecule has 1 aromatic heterocycles. The van der Waals surface area contributed by atoms with E-state index in [0.29, 0.717) is 18.3 Å². The average Bonchev–Trinajstić information content (AvgIpc) is 3.43. The number of aromatic nitrogens is 1. The van der Waals surface area contributed by atoms with Crippen LogP contribution in [-0.4, -0.2) is 42.7 Å². The molecule has 30 heavy (non-hydrogen) atoms. The molecule has 0 spiro atoms. The zero-order chi connectivity index (χ0) is 21.3. The summed E-state index contributed by atoms with van der Waals surface area (Å²) in [5.41, 5.74) is 1.75. The highest BCUT2D eigenvalue weighted by atomic mass is 79.9. The molecule has 1 unspecified atom stereocenters. The highest BCUT2D eigenvalue weighted by Crippen LogP contribution is 2.29. The van der Waals surface area contributed by atoms with Crippen LogP contribution in [0.3, 0.4) is 0 Å². The molecular weight excluding hydrogens is 468 g/mol. The van der Waals surface area contributed by atoms with Crippen LogP contribution in [0, 0.1) is 0 Å². The topological polar surface area (TPSA) is 68.7 Å². The van der Waals surface area contributed by atoms with Gasteiger partial charge in [-0.25, -0.2) is 9.78 Å². The fraction of sp³-hybridized carbons (Fsp3) is 0.318. The predicted molar refractivity (Wildman–Crippen MR) is 121 cm³/mol. The lowest BCUT2D eigenvalue weighted by Crippen LogP contribution is -2.40. The molecule has 6 nitrogen and oxygen atoms in total. The minimum atomic E-state index is -0.562. The molecule has 0 radical (unpaired) electrons. The first kappa shape index (κ1) is 22.4. The Morgan fingerprint density at radius 2 is 2.13 bits per heavy atom. The van der Waals surface area contributed by atoms with Crippen molar-refractivity contribution in [1.29, 1.82) is 0 Å². The molecule has 1 aliphatic rings. The zero-order valence-electron chi connectivity index (χ0n) is 16.6. The van der Waals surface area contributed by atoms with E-state index in [2.05, 4.69) is 20.9 Å². The predicted octanol–water partition coefficient (Wildman–Crippen LogP) is 4.76. The van der Waals surface area contributed by atoms with E-state index in [1.807, 2.05) is 36.6 Å². The van der Waals surface area contributed by atoms with Gasteiger partial charge in [0.2, 0.25) is 0 Å². The highest BCUT2D eigenvalue weighted by Gasteiger charge is 2.26. The van der Waals surface area contributed by atoms with Crippen molar-refractivity contribution in [2.24, 2.45) is 0 Å². The van der Waals surface area contributed by atoms with Gasteiger partial charge in [-0.3, -0.25) is 9.69 Å².